The Bertz CT molecular complexity index is 1360. The van der Waals surface area contributed by atoms with Crippen molar-refractivity contribution in [1.29, 1.82) is 0 Å². The molecule has 2 heterocycles. The summed E-state index contributed by atoms with van der Waals surface area (Å²) >= 11 is 0. The van der Waals surface area contributed by atoms with Gasteiger partial charge in [0, 0.05) is 42.2 Å². The van der Waals surface area contributed by atoms with E-state index in [0.717, 1.165) is 38.0 Å². The lowest BCUT2D eigenvalue weighted by molar-refractivity contribution is -0.110. The molecule has 0 bridgehead atoms. The van der Waals surface area contributed by atoms with Crippen molar-refractivity contribution in [2.24, 2.45) is 0 Å². The summed E-state index contributed by atoms with van der Waals surface area (Å²) in [6.45, 7) is 11.7. The minimum absolute atomic E-state index is 0.0665. The van der Waals surface area contributed by atoms with Crippen molar-refractivity contribution in [2.75, 3.05) is 45.2 Å². The Kier molecular flexibility index (Phi) is 11.9. The number of aromatic amines is 1. The predicted octanol–water partition coefficient (Wildman–Crippen LogP) is 6.20. The van der Waals surface area contributed by atoms with Crippen LogP contribution < -0.4 is 5.32 Å². The van der Waals surface area contributed by atoms with Crippen molar-refractivity contribution >= 4 is 29.2 Å². The monoisotopic (exact) mass is 562 g/mol. The average Bonchev–Trinajstić information content (AvgIpc) is 3.50. The van der Waals surface area contributed by atoms with E-state index >= 15 is 0 Å². The lowest BCUT2D eigenvalue weighted by Gasteiger charge is -2.20. The van der Waals surface area contributed by atoms with Crippen LogP contribution in [0.5, 0.6) is 0 Å². The third kappa shape index (κ3) is 7.93. The summed E-state index contributed by atoms with van der Waals surface area (Å²) in [6.07, 6.45) is 4.54. The molecular formula is C33H43FN4O3. The molecule has 1 aliphatic heterocycles. The van der Waals surface area contributed by atoms with Gasteiger partial charge in [0.05, 0.1) is 16.8 Å². The lowest BCUT2D eigenvalue weighted by Crippen LogP contribution is -2.31. The van der Waals surface area contributed by atoms with Crippen LogP contribution in [-0.2, 0) is 4.79 Å². The molecule has 0 aliphatic carbocycles. The van der Waals surface area contributed by atoms with Crippen LogP contribution in [0.25, 0.3) is 22.8 Å². The number of benzene rings is 2. The zero-order chi connectivity index (χ0) is 29.9. The van der Waals surface area contributed by atoms with Crippen LogP contribution in [0, 0.1) is 12.7 Å². The van der Waals surface area contributed by atoms with E-state index in [9.17, 15) is 14.0 Å². The number of carbonyl (C=O) groups is 2. The number of carbonyl (C=O) groups excluding carboxylic acids is 2. The number of anilines is 1. The molecule has 7 nitrogen and oxygen atoms in total. The molecule has 220 valence electrons. The van der Waals surface area contributed by atoms with Crippen LogP contribution >= 0.6 is 0 Å². The van der Waals surface area contributed by atoms with Gasteiger partial charge >= 0.3 is 0 Å². The number of hydrogen-bond donors (Lipinski definition) is 3. The third-order valence-corrected chi connectivity index (χ3v) is 7.18. The molecule has 2 amide bonds. The summed E-state index contributed by atoms with van der Waals surface area (Å²) in [5.41, 5.74) is 4.65. The maximum atomic E-state index is 14.6. The number of aromatic nitrogens is 1. The van der Waals surface area contributed by atoms with E-state index in [1.165, 1.54) is 6.07 Å². The Balaban J connectivity index is 0.000000507. The Hall–Kier alpha value is -3.75. The number of nitrogens with one attached hydrogen (secondary N) is 2. The summed E-state index contributed by atoms with van der Waals surface area (Å²) in [4.78, 5) is 33.4. The first-order valence-corrected chi connectivity index (χ1v) is 14.4. The molecule has 0 saturated heterocycles. The smallest absolute Gasteiger partial charge is 0.256 e. The predicted molar refractivity (Wildman–Crippen MR) is 165 cm³/mol. The standard InChI is InChI=1S/C27H28FN3O2.C6H15NO/c1-4-6-14-31(5-2)27(33)20-15-17(3)29-24(20)16-21-25-19(18-10-7-8-12-22(18)28)11-9-13-23(25)30-26(21)32;1-3-7(2)5-4-6-8/h7-13,15-16,29H,4-6,14H2,1-3H3,(H,30,32);8H,3-6H2,1-2H3/b21-16-;. The summed E-state index contributed by atoms with van der Waals surface area (Å²) in [7, 11) is 2.05. The second kappa shape index (κ2) is 15.3. The maximum Gasteiger partial charge on any atom is 0.256 e. The first-order chi connectivity index (χ1) is 19.7. The molecule has 4 rings (SSSR count). The van der Waals surface area contributed by atoms with Crippen molar-refractivity contribution in [3.05, 3.63) is 76.9 Å². The Morgan fingerprint density at radius 2 is 1.73 bits per heavy atom. The summed E-state index contributed by atoms with van der Waals surface area (Å²) in [6, 6.07) is 13.7. The Morgan fingerprint density at radius 3 is 2.39 bits per heavy atom. The molecule has 0 atom stereocenters. The van der Waals surface area contributed by atoms with Crippen LogP contribution in [0.4, 0.5) is 10.1 Å². The van der Waals surface area contributed by atoms with Gasteiger partial charge in [0.2, 0.25) is 0 Å². The molecular weight excluding hydrogens is 519 g/mol. The third-order valence-electron chi connectivity index (χ3n) is 7.18. The SMILES string of the molecule is CCCCN(CC)C(=O)c1cc(C)[nH]c1/C=C1\C(=O)Nc2cccc(-c3ccccc3F)c21.CCN(C)CCCO. The van der Waals surface area contributed by atoms with Gasteiger partial charge < -0.3 is 25.2 Å². The zero-order valence-electron chi connectivity index (χ0n) is 24.9. The molecule has 41 heavy (non-hydrogen) atoms. The van der Waals surface area contributed by atoms with E-state index in [1.807, 2.05) is 24.8 Å². The van der Waals surface area contributed by atoms with Crippen LogP contribution in [0.3, 0.4) is 0 Å². The summed E-state index contributed by atoms with van der Waals surface area (Å²) in [5, 5.41) is 11.3. The highest BCUT2D eigenvalue weighted by atomic mass is 19.1. The number of aryl methyl sites for hydroxylation is 1. The number of aliphatic hydroxyl groups is 1. The lowest BCUT2D eigenvalue weighted by atomic mass is 9.94. The average molecular weight is 563 g/mol. The van der Waals surface area contributed by atoms with Crippen molar-refractivity contribution in [1.82, 2.24) is 14.8 Å². The van der Waals surface area contributed by atoms with E-state index in [2.05, 4.69) is 36.1 Å². The normalized spacial score (nSPS) is 13.2. The van der Waals surface area contributed by atoms with E-state index < -0.39 is 0 Å². The Morgan fingerprint density at radius 1 is 1.00 bits per heavy atom. The van der Waals surface area contributed by atoms with Gasteiger partial charge in [0.15, 0.2) is 0 Å². The molecule has 1 aliphatic rings. The van der Waals surface area contributed by atoms with Gasteiger partial charge in [-0.2, -0.15) is 0 Å². The fourth-order valence-electron chi connectivity index (χ4n) is 4.76. The molecule has 0 saturated carbocycles. The van der Waals surface area contributed by atoms with Crippen molar-refractivity contribution in [2.45, 2.75) is 47.0 Å². The van der Waals surface area contributed by atoms with E-state index in [4.69, 9.17) is 5.11 Å². The topological polar surface area (TPSA) is 88.7 Å². The second-order valence-corrected chi connectivity index (χ2v) is 10.2. The number of amides is 2. The second-order valence-electron chi connectivity index (χ2n) is 10.2. The molecule has 3 aromatic rings. The number of unbranched alkanes of at least 4 members (excludes halogenated alkanes) is 1. The number of H-pyrrole nitrogens is 1. The van der Waals surface area contributed by atoms with E-state index in [1.54, 1.807) is 42.5 Å². The molecule has 0 fully saturated rings. The number of hydrogen-bond acceptors (Lipinski definition) is 4. The number of nitrogens with zero attached hydrogens (tertiary/aromatic N) is 2. The van der Waals surface area contributed by atoms with Crippen molar-refractivity contribution in [3.63, 3.8) is 0 Å². The highest BCUT2D eigenvalue weighted by molar-refractivity contribution is 6.36. The van der Waals surface area contributed by atoms with Gasteiger partial charge in [0.25, 0.3) is 11.8 Å². The highest BCUT2D eigenvalue weighted by Gasteiger charge is 2.29. The van der Waals surface area contributed by atoms with Crippen LogP contribution in [-0.4, -0.2) is 71.5 Å². The number of aliphatic hydroxyl groups excluding tert-OH is 1. The fourth-order valence-corrected chi connectivity index (χ4v) is 4.76. The minimum atomic E-state index is -0.356. The van der Waals surface area contributed by atoms with Gasteiger partial charge in [-0.1, -0.05) is 50.6 Å². The quantitative estimate of drug-likeness (QED) is 0.243. The van der Waals surface area contributed by atoms with Gasteiger partial charge in [-0.3, -0.25) is 9.59 Å². The van der Waals surface area contributed by atoms with Gasteiger partial charge in [0.1, 0.15) is 5.82 Å². The molecule has 0 spiro atoms. The molecule has 0 unspecified atom stereocenters. The molecule has 0 radical (unpaired) electrons. The van der Waals surface area contributed by atoms with Crippen LogP contribution in [0.1, 0.15) is 67.3 Å². The van der Waals surface area contributed by atoms with Crippen LogP contribution in [0.15, 0.2) is 48.5 Å². The fraction of sp³-hybridized carbons (Fsp3) is 0.394. The number of rotatable bonds is 11. The first kappa shape index (κ1) is 31.8. The summed E-state index contributed by atoms with van der Waals surface area (Å²) < 4.78 is 14.6. The summed E-state index contributed by atoms with van der Waals surface area (Å²) in [5.74, 6) is -0.702. The first-order valence-electron chi connectivity index (χ1n) is 14.4. The van der Waals surface area contributed by atoms with Gasteiger partial charge in [-0.15, -0.1) is 0 Å². The highest BCUT2D eigenvalue weighted by Crippen LogP contribution is 2.41. The minimum Gasteiger partial charge on any atom is -0.396 e. The number of halogens is 1. The van der Waals surface area contributed by atoms with E-state index in [-0.39, 0.29) is 17.6 Å². The maximum absolute atomic E-state index is 14.6. The van der Waals surface area contributed by atoms with E-state index in [0.29, 0.717) is 58.9 Å². The van der Waals surface area contributed by atoms with Crippen LogP contribution in [0.2, 0.25) is 0 Å². The van der Waals surface area contributed by atoms with Gasteiger partial charge in [-0.25, -0.2) is 4.39 Å². The molecule has 1 aromatic heterocycles. The zero-order valence-corrected chi connectivity index (χ0v) is 24.9. The molecule has 2 aromatic carbocycles. The Labute approximate surface area is 243 Å². The molecule has 3 N–H and O–H groups in total. The van der Waals surface area contributed by atoms with Crippen molar-refractivity contribution in [3.8, 4) is 11.1 Å². The van der Waals surface area contributed by atoms with Crippen molar-refractivity contribution < 1.29 is 19.1 Å². The molecule has 8 heteroatoms. The van der Waals surface area contributed by atoms with Gasteiger partial charge in [-0.05, 0) is 76.7 Å². The largest absolute Gasteiger partial charge is 0.396 e. The number of fused-ring (bicyclic) bond motifs is 1.